The van der Waals surface area contributed by atoms with Gasteiger partial charge in [-0.25, -0.2) is 0 Å². The van der Waals surface area contributed by atoms with Crippen molar-refractivity contribution in [2.24, 2.45) is 5.92 Å². The molecule has 0 unspecified atom stereocenters. The van der Waals surface area contributed by atoms with Crippen molar-refractivity contribution in [2.45, 2.75) is 25.8 Å². The fraction of sp³-hybridized carbons (Fsp3) is 0.562. The van der Waals surface area contributed by atoms with Gasteiger partial charge in [0.05, 0.1) is 12.5 Å². The molecule has 2 aromatic rings. The second kappa shape index (κ2) is 4.91. The number of aryl methyl sites for hydroxylation is 1. The first-order chi connectivity index (χ1) is 10.3. The fourth-order valence-corrected chi connectivity index (χ4v) is 3.74. The van der Waals surface area contributed by atoms with Crippen LogP contribution in [0.25, 0.3) is 11.0 Å². The number of aromatic nitrogens is 1. The molecule has 5 heteroatoms. The number of methoxy groups -OCH3 is 1. The van der Waals surface area contributed by atoms with Gasteiger partial charge in [0.15, 0.2) is 11.6 Å². The lowest BCUT2D eigenvalue weighted by molar-refractivity contribution is 0.0973. The zero-order chi connectivity index (χ0) is 14.4. The van der Waals surface area contributed by atoms with Crippen LogP contribution in [0.15, 0.2) is 16.7 Å². The highest BCUT2D eigenvalue weighted by atomic mass is 16.5. The molecule has 1 N–H and O–H groups in total. The number of hydrogen-bond acceptors (Lipinski definition) is 5. The van der Waals surface area contributed by atoms with Gasteiger partial charge >= 0.3 is 0 Å². The molecule has 0 saturated carbocycles. The monoisotopic (exact) mass is 287 g/mol. The third-order valence-corrected chi connectivity index (χ3v) is 4.97. The van der Waals surface area contributed by atoms with Gasteiger partial charge in [0.1, 0.15) is 0 Å². The lowest BCUT2D eigenvalue weighted by Crippen LogP contribution is -2.53. The minimum atomic E-state index is 0.480. The van der Waals surface area contributed by atoms with Gasteiger partial charge in [-0.2, -0.15) is 0 Å². The second-order valence-corrected chi connectivity index (χ2v) is 6.21. The maximum Gasteiger partial charge on any atom is 0.211 e. The maximum atomic E-state index is 5.52. The third-order valence-electron chi connectivity index (χ3n) is 4.97. The van der Waals surface area contributed by atoms with Gasteiger partial charge in [-0.1, -0.05) is 11.2 Å². The Labute approximate surface area is 124 Å². The smallest absolute Gasteiger partial charge is 0.211 e. The Bertz CT molecular complexity index is 659. The molecule has 5 nitrogen and oxygen atoms in total. The number of ether oxygens (including phenoxy) is 1. The van der Waals surface area contributed by atoms with E-state index in [-0.39, 0.29) is 0 Å². The number of anilines is 1. The molecule has 0 spiro atoms. The summed E-state index contributed by atoms with van der Waals surface area (Å²) >= 11 is 0. The van der Waals surface area contributed by atoms with E-state index < -0.39 is 0 Å². The summed E-state index contributed by atoms with van der Waals surface area (Å²) in [5.41, 5.74) is 1.80. The standard InChI is InChI=1S/C16H21N3O2/c1-10-3-4-12-15(14(10)20-2)21-18-16(12)17-13-9-19-7-5-11(13)6-8-19/h3-4,11,13H,5-9H2,1-2H3,(H,17,18)/t13-/m1/s1. The molecule has 4 heterocycles. The highest BCUT2D eigenvalue weighted by Crippen LogP contribution is 2.35. The van der Waals surface area contributed by atoms with E-state index in [1.807, 2.05) is 6.92 Å². The van der Waals surface area contributed by atoms with E-state index in [0.29, 0.717) is 6.04 Å². The predicted octanol–water partition coefficient (Wildman–Crippen LogP) is 2.65. The van der Waals surface area contributed by atoms with Crippen LogP contribution in [-0.2, 0) is 0 Å². The Morgan fingerprint density at radius 1 is 1.33 bits per heavy atom. The van der Waals surface area contributed by atoms with E-state index in [0.717, 1.165) is 40.6 Å². The Hall–Kier alpha value is -1.75. The lowest BCUT2D eigenvalue weighted by atomic mass is 9.84. The lowest BCUT2D eigenvalue weighted by Gasteiger charge is -2.44. The Morgan fingerprint density at radius 3 is 2.81 bits per heavy atom. The first-order valence-electron chi connectivity index (χ1n) is 7.68. The van der Waals surface area contributed by atoms with Crippen LogP contribution in [0.4, 0.5) is 5.82 Å². The molecule has 1 atom stereocenters. The summed E-state index contributed by atoms with van der Waals surface area (Å²) in [7, 11) is 1.67. The Kier molecular flexibility index (Phi) is 3.03. The topological polar surface area (TPSA) is 50.5 Å². The molecule has 0 radical (unpaired) electrons. The van der Waals surface area contributed by atoms with Crippen molar-refractivity contribution >= 4 is 16.8 Å². The first kappa shape index (κ1) is 13.0. The van der Waals surface area contributed by atoms with Crippen LogP contribution in [0.5, 0.6) is 5.75 Å². The van der Waals surface area contributed by atoms with Gasteiger partial charge in [-0.15, -0.1) is 0 Å². The molecule has 3 aliphatic heterocycles. The molecule has 3 aliphatic rings. The summed E-state index contributed by atoms with van der Waals surface area (Å²) in [5, 5.41) is 8.85. The van der Waals surface area contributed by atoms with Crippen molar-refractivity contribution in [3.8, 4) is 5.75 Å². The van der Waals surface area contributed by atoms with E-state index in [1.54, 1.807) is 7.11 Å². The average molecular weight is 287 g/mol. The van der Waals surface area contributed by atoms with Crippen LogP contribution in [0, 0.1) is 12.8 Å². The summed E-state index contributed by atoms with van der Waals surface area (Å²) < 4.78 is 11.0. The van der Waals surface area contributed by atoms with Crippen LogP contribution in [-0.4, -0.2) is 42.8 Å². The van der Waals surface area contributed by atoms with E-state index >= 15 is 0 Å². The summed E-state index contributed by atoms with van der Waals surface area (Å²) in [6.07, 6.45) is 2.58. The zero-order valence-corrected chi connectivity index (χ0v) is 12.6. The molecular formula is C16H21N3O2. The zero-order valence-electron chi connectivity index (χ0n) is 12.6. The number of piperidine rings is 3. The summed E-state index contributed by atoms with van der Waals surface area (Å²) in [6, 6.07) is 4.60. The number of nitrogens with one attached hydrogen (secondary N) is 1. The van der Waals surface area contributed by atoms with Gasteiger partial charge < -0.3 is 19.5 Å². The minimum Gasteiger partial charge on any atom is -0.492 e. The summed E-state index contributed by atoms with van der Waals surface area (Å²) in [5.74, 6) is 2.39. The molecule has 0 aliphatic carbocycles. The molecule has 0 amide bonds. The van der Waals surface area contributed by atoms with Gasteiger partial charge in [0.2, 0.25) is 5.58 Å². The van der Waals surface area contributed by atoms with Crippen molar-refractivity contribution in [1.29, 1.82) is 0 Å². The SMILES string of the molecule is COc1c(C)ccc2c(N[C@@H]3CN4CCC3CC4)noc12. The fourth-order valence-electron chi connectivity index (χ4n) is 3.74. The normalized spacial score (nSPS) is 28.0. The van der Waals surface area contributed by atoms with Crippen molar-refractivity contribution in [1.82, 2.24) is 10.1 Å². The molecule has 5 rings (SSSR count). The van der Waals surface area contributed by atoms with Crippen LogP contribution >= 0.6 is 0 Å². The Morgan fingerprint density at radius 2 is 2.14 bits per heavy atom. The van der Waals surface area contributed by atoms with Crippen molar-refractivity contribution in [2.75, 3.05) is 32.1 Å². The molecule has 3 fully saturated rings. The Balaban J connectivity index is 1.65. The maximum absolute atomic E-state index is 5.52. The number of rotatable bonds is 3. The molecule has 1 aromatic heterocycles. The summed E-state index contributed by atoms with van der Waals surface area (Å²) in [4.78, 5) is 2.53. The highest BCUT2D eigenvalue weighted by Gasteiger charge is 2.34. The molecular weight excluding hydrogens is 266 g/mol. The van der Waals surface area contributed by atoms with Crippen molar-refractivity contribution in [3.63, 3.8) is 0 Å². The van der Waals surface area contributed by atoms with Gasteiger partial charge in [-0.05, 0) is 50.4 Å². The van der Waals surface area contributed by atoms with Gasteiger partial charge in [-0.3, -0.25) is 0 Å². The van der Waals surface area contributed by atoms with Crippen LogP contribution in [0.3, 0.4) is 0 Å². The first-order valence-corrected chi connectivity index (χ1v) is 7.68. The third kappa shape index (κ3) is 2.07. The van der Waals surface area contributed by atoms with Gasteiger partial charge in [0, 0.05) is 12.6 Å². The molecule has 1 aromatic carbocycles. The largest absolute Gasteiger partial charge is 0.492 e. The minimum absolute atomic E-state index is 0.480. The van der Waals surface area contributed by atoms with E-state index in [4.69, 9.17) is 9.26 Å². The van der Waals surface area contributed by atoms with Gasteiger partial charge in [0.25, 0.3) is 0 Å². The second-order valence-electron chi connectivity index (χ2n) is 6.21. The molecule has 3 saturated heterocycles. The van der Waals surface area contributed by atoms with Crippen molar-refractivity contribution < 1.29 is 9.26 Å². The number of fused-ring (bicyclic) bond motifs is 4. The van der Waals surface area contributed by atoms with E-state index in [9.17, 15) is 0 Å². The van der Waals surface area contributed by atoms with Crippen LogP contribution in [0.1, 0.15) is 18.4 Å². The molecule has 112 valence electrons. The summed E-state index contributed by atoms with van der Waals surface area (Å²) in [6.45, 7) is 5.62. The number of nitrogens with zero attached hydrogens (tertiary/aromatic N) is 2. The predicted molar refractivity (Wildman–Crippen MR) is 81.9 cm³/mol. The average Bonchev–Trinajstić information content (AvgIpc) is 2.91. The van der Waals surface area contributed by atoms with Crippen molar-refractivity contribution in [3.05, 3.63) is 17.7 Å². The quantitative estimate of drug-likeness (QED) is 0.940. The van der Waals surface area contributed by atoms with Crippen LogP contribution < -0.4 is 10.1 Å². The number of benzene rings is 1. The molecule has 2 bridgehead atoms. The highest BCUT2D eigenvalue weighted by molar-refractivity contribution is 5.93. The van der Waals surface area contributed by atoms with Crippen LogP contribution in [0.2, 0.25) is 0 Å². The van der Waals surface area contributed by atoms with E-state index in [1.165, 1.54) is 25.9 Å². The van der Waals surface area contributed by atoms with E-state index in [2.05, 4.69) is 27.5 Å². The molecule has 21 heavy (non-hydrogen) atoms. The number of hydrogen-bond donors (Lipinski definition) is 1.